The van der Waals surface area contributed by atoms with E-state index in [1.54, 1.807) is 40.0 Å². The van der Waals surface area contributed by atoms with Crippen LogP contribution in [0.4, 0.5) is 0 Å². The van der Waals surface area contributed by atoms with Crippen LogP contribution in [0.3, 0.4) is 0 Å². The van der Waals surface area contributed by atoms with Crippen molar-refractivity contribution in [2.75, 3.05) is 0 Å². The molecule has 0 saturated heterocycles. The molecule has 0 bridgehead atoms. The van der Waals surface area contributed by atoms with Crippen LogP contribution in [0.1, 0.15) is 90.7 Å². The van der Waals surface area contributed by atoms with E-state index in [2.05, 4.69) is 6.92 Å². The SMILES string of the molecule is C/C=C(/C[C@@H](C)[C@@](C)(O)C(=O)O[C@H]1CC[C@@H]2Cc3occ(C)c3[C@@H](OC(=O)/C(C)=C/C)[C@]2(C)[C@H]1C)C(=O)O. The van der Waals surface area contributed by atoms with Gasteiger partial charge >= 0.3 is 17.9 Å². The Kier molecular flexibility index (Phi) is 8.66. The molecule has 2 aliphatic carbocycles. The second-order valence-electron chi connectivity index (χ2n) is 11.5. The molecule has 3 rings (SSSR count). The van der Waals surface area contributed by atoms with Gasteiger partial charge in [0.1, 0.15) is 18.0 Å². The van der Waals surface area contributed by atoms with Crippen LogP contribution in [-0.2, 0) is 30.3 Å². The molecule has 1 heterocycles. The number of rotatable bonds is 8. The van der Waals surface area contributed by atoms with E-state index in [1.165, 1.54) is 13.0 Å². The summed E-state index contributed by atoms with van der Waals surface area (Å²) in [5.41, 5.74) is 0.00729. The predicted octanol–water partition coefficient (Wildman–Crippen LogP) is 5.47. The van der Waals surface area contributed by atoms with Gasteiger partial charge in [0.2, 0.25) is 0 Å². The molecule has 1 saturated carbocycles. The molecular weight excluding hydrogens is 488 g/mol. The smallest absolute Gasteiger partial charge is 0.338 e. The number of fused-ring (bicyclic) bond motifs is 2. The summed E-state index contributed by atoms with van der Waals surface area (Å²) in [4.78, 5) is 37.7. The Morgan fingerprint density at radius 2 is 1.89 bits per heavy atom. The van der Waals surface area contributed by atoms with E-state index < -0.39 is 47.0 Å². The number of ether oxygens (including phenoxy) is 2. The highest BCUT2D eigenvalue weighted by Gasteiger charge is 2.58. The van der Waals surface area contributed by atoms with Crippen LogP contribution in [0.5, 0.6) is 0 Å². The monoisotopic (exact) mass is 530 g/mol. The number of allylic oxidation sites excluding steroid dienone is 2. The summed E-state index contributed by atoms with van der Waals surface area (Å²) >= 11 is 0. The zero-order valence-corrected chi connectivity index (χ0v) is 23.8. The number of esters is 2. The molecule has 1 aromatic heterocycles. The second-order valence-corrected chi connectivity index (χ2v) is 11.5. The summed E-state index contributed by atoms with van der Waals surface area (Å²) < 4.78 is 18.0. The first-order chi connectivity index (χ1) is 17.7. The van der Waals surface area contributed by atoms with Gasteiger partial charge in [-0.25, -0.2) is 14.4 Å². The van der Waals surface area contributed by atoms with Gasteiger partial charge in [-0.3, -0.25) is 0 Å². The van der Waals surface area contributed by atoms with Crippen molar-refractivity contribution >= 4 is 17.9 Å². The summed E-state index contributed by atoms with van der Waals surface area (Å²) in [6.07, 6.45) is 5.85. The molecule has 7 atom stereocenters. The molecule has 0 unspecified atom stereocenters. The standard InChI is InChI=1S/C30H42O8/c1-9-16(3)27(33)38-25-24-17(4)15-36-23(24)14-21-11-12-22(19(6)29(21,25)7)37-28(34)30(8,35)18(5)13-20(10-2)26(31)32/h9-10,15,18-19,21-22,25,35H,11-14H2,1-8H3,(H,31,32)/b16-9+,20-10-/t18-,19+,21-,22+,25-,29-,30-/m1/s1. The second kappa shape index (κ2) is 11.1. The summed E-state index contributed by atoms with van der Waals surface area (Å²) in [5.74, 6) is -2.16. The first-order valence-corrected chi connectivity index (χ1v) is 13.4. The minimum absolute atomic E-state index is 0.0266. The molecule has 0 amide bonds. The maximum atomic E-state index is 13.3. The number of aryl methyl sites for hydroxylation is 1. The van der Waals surface area contributed by atoms with Gasteiger partial charge in [-0.05, 0) is 71.3 Å². The maximum absolute atomic E-state index is 13.3. The molecule has 1 fully saturated rings. The average molecular weight is 531 g/mol. The van der Waals surface area contributed by atoms with Gasteiger partial charge in [0, 0.05) is 34.5 Å². The summed E-state index contributed by atoms with van der Waals surface area (Å²) in [6.45, 7) is 14.2. The maximum Gasteiger partial charge on any atom is 0.338 e. The first-order valence-electron chi connectivity index (χ1n) is 13.4. The van der Waals surface area contributed by atoms with Gasteiger partial charge in [-0.1, -0.05) is 32.9 Å². The van der Waals surface area contributed by atoms with Crippen molar-refractivity contribution < 1.29 is 38.5 Å². The molecule has 2 aliphatic rings. The lowest BCUT2D eigenvalue weighted by Gasteiger charge is -2.54. The number of carbonyl (C=O) groups excluding carboxylic acids is 2. The van der Waals surface area contributed by atoms with Crippen molar-refractivity contribution in [2.45, 2.75) is 98.9 Å². The number of hydrogen-bond acceptors (Lipinski definition) is 7. The number of aliphatic carboxylic acids is 1. The molecule has 0 aromatic carbocycles. The van der Waals surface area contributed by atoms with Crippen LogP contribution >= 0.6 is 0 Å². The Bertz CT molecular complexity index is 1140. The molecule has 2 N–H and O–H groups in total. The quantitative estimate of drug-likeness (QED) is 0.335. The fourth-order valence-electron chi connectivity index (χ4n) is 6.01. The number of carboxylic acid groups (broad SMARTS) is 1. The van der Waals surface area contributed by atoms with E-state index in [4.69, 9.17) is 13.9 Å². The van der Waals surface area contributed by atoms with Crippen molar-refractivity contribution in [3.8, 4) is 0 Å². The molecule has 1 aromatic rings. The third-order valence-corrected chi connectivity index (χ3v) is 9.34. The lowest BCUT2D eigenvalue weighted by Crippen LogP contribution is -2.54. The minimum Gasteiger partial charge on any atom is -0.478 e. The topological polar surface area (TPSA) is 123 Å². The van der Waals surface area contributed by atoms with Gasteiger partial charge < -0.3 is 24.1 Å². The van der Waals surface area contributed by atoms with Crippen LogP contribution in [0.2, 0.25) is 0 Å². The average Bonchev–Trinajstić information content (AvgIpc) is 3.24. The van der Waals surface area contributed by atoms with E-state index in [0.29, 0.717) is 18.4 Å². The van der Waals surface area contributed by atoms with E-state index >= 15 is 0 Å². The number of carbonyl (C=O) groups is 3. The van der Waals surface area contributed by atoms with Crippen molar-refractivity contribution in [2.24, 2.45) is 23.2 Å². The molecule has 0 radical (unpaired) electrons. The van der Waals surface area contributed by atoms with Crippen LogP contribution < -0.4 is 0 Å². The zero-order valence-electron chi connectivity index (χ0n) is 23.8. The summed E-state index contributed by atoms with van der Waals surface area (Å²) in [6, 6.07) is 0. The van der Waals surface area contributed by atoms with Crippen LogP contribution in [0.25, 0.3) is 0 Å². The Labute approximate surface area is 225 Å². The van der Waals surface area contributed by atoms with E-state index in [9.17, 15) is 24.6 Å². The lowest BCUT2D eigenvalue weighted by molar-refractivity contribution is -0.198. The van der Waals surface area contributed by atoms with E-state index in [1.807, 2.05) is 13.8 Å². The molecule has 210 valence electrons. The van der Waals surface area contributed by atoms with Crippen molar-refractivity contribution in [1.29, 1.82) is 0 Å². The van der Waals surface area contributed by atoms with Crippen molar-refractivity contribution in [3.05, 3.63) is 46.4 Å². The predicted molar refractivity (Wildman–Crippen MR) is 141 cm³/mol. The van der Waals surface area contributed by atoms with Gasteiger partial charge in [0.05, 0.1) is 6.26 Å². The molecule has 8 heteroatoms. The number of carboxylic acids is 1. The molecule has 38 heavy (non-hydrogen) atoms. The van der Waals surface area contributed by atoms with Gasteiger partial charge in [-0.2, -0.15) is 0 Å². The van der Waals surface area contributed by atoms with E-state index in [-0.39, 0.29) is 23.8 Å². The number of hydrogen-bond donors (Lipinski definition) is 2. The highest BCUT2D eigenvalue weighted by atomic mass is 16.6. The number of aliphatic hydroxyl groups is 1. The summed E-state index contributed by atoms with van der Waals surface area (Å²) in [7, 11) is 0. The minimum atomic E-state index is -1.88. The third-order valence-electron chi connectivity index (χ3n) is 9.34. The fraction of sp³-hybridized carbons (Fsp3) is 0.633. The third kappa shape index (κ3) is 5.20. The zero-order chi connectivity index (χ0) is 28.6. The fourth-order valence-corrected chi connectivity index (χ4v) is 6.01. The Morgan fingerprint density at radius 1 is 1.24 bits per heavy atom. The van der Waals surface area contributed by atoms with Crippen molar-refractivity contribution in [3.63, 3.8) is 0 Å². The summed E-state index contributed by atoms with van der Waals surface area (Å²) in [5, 5.41) is 20.5. The Hall–Kier alpha value is -2.87. The Balaban J connectivity index is 1.89. The highest BCUT2D eigenvalue weighted by Crippen LogP contribution is 2.60. The van der Waals surface area contributed by atoms with E-state index in [0.717, 1.165) is 23.3 Å². The molecule has 0 aliphatic heterocycles. The normalized spacial score (nSPS) is 29.9. The largest absolute Gasteiger partial charge is 0.478 e. The van der Waals surface area contributed by atoms with Crippen molar-refractivity contribution in [1.82, 2.24) is 0 Å². The van der Waals surface area contributed by atoms with Gasteiger partial charge in [0.15, 0.2) is 5.60 Å². The molecular formula is C30H42O8. The molecule has 0 spiro atoms. The first kappa shape index (κ1) is 29.7. The lowest BCUT2D eigenvalue weighted by atomic mass is 9.53. The van der Waals surface area contributed by atoms with Crippen LogP contribution in [0.15, 0.2) is 34.0 Å². The van der Waals surface area contributed by atoms with Crippen LogP contribution in [0, 0.1) is 30.1 Å². The molecule has 8 nitrogen and oxygen atoms in total. The van der Waals surface area contributed by atoms with Crippen LogP contribution in [-0.4, -0.2) is 39.8 Å². The van der Waals surface area contributed by atoms with Gasteiger partial charge in [-0.15, -0.1) is 0 Å². The van der Waals surface area contributed by atoms with Gasteiger partial charge in [0.25, 0.3) is 0 Å². The number of furan rings is 1. The Morgan fingerprint density at radius 3 is 2.47 bits per heavy atom. The highest BCUT2D eigenvalue weighted by molar-refractivity contribution is 5.88.